The molecule has 2 aliphatic heterocycles. The fourth-order valence-corrected chi connectivity index (χ4v) is 3.21. The third-order valence-electron chi connectivity index (χ3n) is 4.22. The van der Waals surface area contributed by atoms with E-state index in [0.717, 1.165) is 15.8 Å². The van der Waals surface area contributed by atoms with Crippen LogP contribution in [0.5, 0.6) is 11.5 Å². The first kappa shape index (κ1) is 16.1. The quantitative estimate of drug-likeness (QED) is 0.796. The molecule has 0 aromatic heterocycles. The van der Waals surface area contributed by atoms with E-state index in [2.05, 4.69) is 21.2 Å². The molecular weight excluding hydrogens is 388 g/mol. The van der Waals surface area contributed by atoms with Gasteiger partial charge in [0.25, 0.3) is 5.91 Å². The number of imide groups is 1. The molecule has 6 nitrogen and oxygen atoms in total. The minimum Gasteiger partial charge on any atom is -0.454 e. The molecule has 2 aromatic rings. The Morgan fingerprint density at radius 3 is 2.64 bits per heavy atom. The van der Waals surface area contributed by atoms with Crippen molar-refractivity contribution in [3.63, 3.8) is 0 Å². The van der Waals surface area contributed by atoms with Crippen molar-refractivity contribution < 1.29 is 19.1 Å². The number of hydrogen-bond acceptors (Lipinski definition) is 5. The predicted octanol–water partition coefficient (Wildman–Crippen LogP) is 2.60. The number of benzene rings is 2. The average Bonchev–Trinajstić information content (AvgIpc) is 3.18. The van der Waals surface area contributed by atoms with Crippen LogP contribution in [-0.4, -0.2) is 24.6 Å². The van der Waals surface area contributed by atoms with Crippen molar-refractivity contribution in [2.45, 2.75) is 19.0 Å². The summed E-state index contributed by atoms with van der Waals surface area (Å²) >= 11 is 3.35. The Labute approximate surface area is 152 Å². The second-order valence-corrected chi connectivity index (χ2v) is 6.78. The number of carbonyl (C=O) groups excluding carboxylic acids is 2. The number of nitrogens with zero attached hydrogens (tertiary/aromatic N) is 1. The van der Waals surface area contributed by atoms with Gasteiger partial charge in [0.2, 0.25) is 12.7 Å². The zero-order chi connectivity index (χ0) is 17.4. The van der Waals surface area contributed by atoms with E-state index in [9.17, 15) is 9.59 Å². The van der Waals surface area contributed by atoms with E-state index < -0.39 is 6.04 Å². The molecule has 1 atom stereocenters. The molecule has 1 fully saturated rings. The molecule has 1 N–H and O–H groups in total. The first-order valence-corrected chi connectivity index (χ1v) is 8.65. The standard InChI is InChI=1S/C18H15BrN2O4/c19-12-2-4-13(5-3-12)21-17(22)8-14(18(21)23)20-9-11-1-6-15-16(7-11)25-10-24-15/h1-7,14,20H,8-10H2/t14-/m1/s1. The van der Waals surface area contributed by atoms with Crippen molar-refractivity contribution in [1.82, 2.24) is 5.32 Å². The van der Waals surface area contributed by atoms with Gasteiger partial charge in [-0.05, 0) is 42.0 Å². The highest BCUT2D eigenvalue weighted by Gasteiger charge is 2.39. The number of rotatable bonds is 4. The number of halogens is 1. The number of fused-ring (bicyclic) bond motifs is 1. The fourth-order valence-electron chi connectivity index (χ4n) is 2.94. The molecule has 1 saturated heterocycles. The molecule has 0 aliphatic carbocycles. The zero-order valence-corrected chi connectivity index (χ0v) is 14.8. The SMILES string of the molecule is O=C1C[C@@H](NCc2ccc3c(c2)OCO3)C(=O)N1c1ccc(Br)cc1. The summed E-state index contributed by atoms with van der Waals surface area (Å²) in [6.45, 7) is 0.693. The van der Waals surface area contributed by atoms with Gasteiger partial charge in [0.1, 0.15) is 0 Å². The zero-order valence-electron chi connectivity index (χ0n) is 13.2. The van der Waals surface area contributed by atoms with E-state index in [0.29, 0.717) is 18.0 Å². The van der Waals surface area contributed by atoms with Crippen LogP contribution in [0.1, 0.15) is 12.0 Å². The summed E-state index contributed by atoms with van der Waals surface area (Å²) in [6, 6.07) is 12.2. The smallest absolute Gasteiger partial charge is 0.251 e. The van der Waals surface area contributed by atoms with Crippen molar-refractivity contribution >= 4 is 33.4 Å². The second kappa shape index (κ2) is 6.50. The summed E-state index contributed by atoms with van der Waals surface area (Å²) in [5.41, 5.74) is 1.55. The Balaban J connectivity index is 1.44. The molecule has 7 heteroatoms. The highest BCUT2D eigenvalue weighted by atomic mass is 79.9. The average molecular weight is 403 g/mol. The molecule has 2 amide bonds. The van der Waals surface area contributed by atoms with Crippen LogP contribution in [0.4, 0.5) is 5.69 Å². The van der Waals surface area contributed by atoms with Gasteiger partial charge in [-0.1, -0.05) is 22.0 Å². The van der Waals surface area contributed by atoms with E-state index in [-0.39, 0.29) is 25.0 Å². The summed E-state index contributed by atoms with van der Waals surface area (Å²) in [5.74, 6) is 0.991. The van der Waals surface area contributed by atoms with Crippen LogP contribution >= 0.6 is 15.9 Å². The molecule has 2 aliphatic rings. The molecule has 0 unspecified atom stereocenters. The maximum atomic E-state index is 12.6. The van der Waals surface area contributed by atoms with Gasteiger partial charge in [-0.2, -0.15) is 0 Å². The van der Waals surface area contributed by atoms with Crippen LogP contribution < -0.4 is 19.7 Å². The fraction of sp³-hybridized carbons (Fsp3) is 0.222. The van der Waals surface area contributed by atoms with Crippen molar-refractivity contribution in [3.05, 3.63) is 52.5 Å². The summed E-state index contributed by atoms with van der Waals surface area (Å²) in [5, 5.41) is 3.16. The lowest BCUT2D eigenvalue weighted by molar-refractivity contribution is -0.121. The summed E-state index contributed by atoms with van der Waals surface area (Å²) < 4.78 is 11.5. The highest BCUT2D eigenvalue weighted by Crippen LogP contribution is 2.32. The monoisotopic (exact) mass is 402 g/mol. The van der Waals surface area contributed by atoms with Crippen LogP contribution in [0.15, 0.2) is 46.9 Å². The van der Waals surface area contributed by atoms with E-state index in [1.54, 1.807) is 12.1 Å². The number of amides is 2. The third kappa shape index (κ3) is 3.12. The van der Waals surface area contributed by atoms with Gasteiger partial charge in [0, 0.05) is 11.0 Å². The van der Waals surface area contributed by atoms with Crippen LogP contribution in [0.3, 0.4) is 0 Å². The van der Waals surface area contributed by atoms with Crippen LogP contribution in [0.2, 0.25) is 0 Å². The van der Waals surface area contributed by atoms with Gasteiger partial charge in [0.05, 0.1) is 18.2 Å². The Kier molecular flexibility index (Phi) is 4.19. The number of ether oxygens (including phenoxy) is 2. The van der Waals surface area contributed by atoms with Crippen molar-refractivity contribution in [1.29, 1.82) is 0 Å². The molecule has 2 heterocycles. The van der Waals surface area contributed by atoms with Crippen molar-refractivity contribution in [2.24, 2.45) is 0 Å². The van der Waals surface area contributed by atoms with E-state index >= 15 is 0 Å². The maximum absolute atomic E-state index is 12.6. The van der Waals surface area contributed by atoms with Gasteiger partial charge in [-0.3, -0.25) is 9.59 Å². The van der Waals surface area contributed by atoms with E-state index in [1.807, 2.05) is 30.3 Å². The maximum Gasteiger partial charge on any atom is 0.251 e. The van der Waals surface area contributed by atoms with Crippen molar-refractivity contribution in [2.75, 3.05) is 11.7 Å². The Morgan fingerprint density at radius 2 is 1.84 bits per heavy atom. The minimum atomic E-state index is -0.526. The van der Waals surface area contributed by atoms with Crippen LogP contribution in [0.25, 0.3) is 0 Å². The molecule has 4 rings (SSSR count). The summed E-state index contributed by atoms with van der Waals surface area (Å²) in [7, 11) is 0. The van der Waals surface area contributed by atoms with Gasteiger partial charge in [-0.25, -0.2) is 4.90 Å². The molecule has 2 aromatic carbocycles. The lowest BCUT2D eigenvalue weighted by atomic mass is 10.1. The lowest BCUT2D eigenvalue weighted by Crippen LogP contribution is -2.38. The second-order valence-electron chi connectivity index (χ2n) is 5.87. The molecule has 0 radical (unpaired) electrons. The predicted molar refractivity (Wildman–Crippen MR) is 94.4 cm³/mol. The highest BCUT2D eigenvalue weighted by molar-refractivity contribution is 9.10. The lowest BCUT2D eigenvalue weighted by Gasteiger charge is -2.15. The minimum absolute atomic E-state index is 0.152. The normalized spacial score (nSPS) is 18.9. The van der Waals surface area contributed by atoms with Crippen LogP contribution in [0, 0.1) is 0 Å². The molecule has 0 spiro atoms. The Bertz CT molecular complexity index is 837. The van der Waals surface area contributed by atoms with Gasteiger partial charge in [0.15, 0.2) is 11.5 Å². The molecule has 128 valence electrons. The molecule has 25 heavy (non-hydrogen) atoms. The largest absolute Gasteiger partial charge is 0.454 e. The molecular formula is C18H15BrN2O4. The first-order valence-electron chi connectivity index (χ1n) is 7.86. The third-order valence-corrected chi connectivity index (χ3v) is 4.75. The van der Waals surface area contributed by atoms with E-state index in [1.165, 1.54) is 4.90 Å². The molecule has 0 saturated carbocycles. The summed E-state index contributed by atoms with van der Waals surface area (Å²) in [4.78, 5) is 26.1. The number of carbonyl (C=O) groups is 2. The topological polar surface area (TPSA) is 67.9 Å². The number of anilines is 1. The van der Waals surface area contributed by atoms with E-state index in [4.69, 9.17) is 9.47 Å². The first-order chi connectivity index (χ1) is 12.1. The van der Waals surface area contributed by atoms with Gasteiger partial charge < -0.3 is 14.8 Å². The van der Waals surface area contributed by atoms with Crippen LogP contribution in [-0.2, 0) is 16.1 Å². The Morgan fingerprint density at radius 1 is 1.08 bits per heavy atom. The summed E-state index contributed by atoms with van der Waals surface area (Å²) in [6.07, 6.45) is 0.152. The number of hydrogen-bond donors (Lipinski definition) is 1. The Hall–Kier alpha value is -2.38. The van der Waals surface area contributed by atoms with Gasteiger partial charge >= 0.3 is 0 Å². The van der Waals surface area contributed by atoms with Crippen molar-refractivity contribution in [3.8, 4) is 11.5 Å². The van der Waals surface area contributed by atoms with Gasteiger partial charge in [-0.15, -0.1) is 0 Å². The molecule has 0 bridgehead atoms. The number of nitrogens with one attached hydrogen (secondary N) is 1.